The standard InChI is InChI=1S/C11H14Cl2N2/c12-9-3-1-2-8(11(9)13)10(15-14)6-7-4-5-7/h1-3,7,10,15H,4-6,14H2. The summed E-state index contributed by atoms with van der Waals surface area (Å²) in [5.41, 5.74) is 3.81. The second-order valence-corrected chi connectivity index (χ2v) is 4.83. The van der Waals surface area contributed by atoms with Crippen molar-refractivity contribution in [1.82, 2.24) is 5.43 Å². The maximum Gasteiger partial charge on any atom is 0.0640 e. The summed E-state index contributed by atoms with van der Waals surface area (Å²) in [6, 6.07) is 5.78. The third-order valence-corrected chi connectivity index (χ3v) is 3.66. The van der Waals surface area contributed by atoms with E-state index in [0.29, 0.717) is 10.0 Å². The van der Waals surface area contributed by atoms with Crippen molar-refractivity contribution in [2.24, 2.45) is 11.8 Å². The average molecular weight is 245 g/mol. The summed E-state index contributed by atoms with van der Waals surface area (Å²) in [6.07, 6.45) is 3.64. The van der Waals surface area contributed by atoms with Gasteiger partial charge in [0.25, 0.3) is 0 Å². The quantitative estimate of drug-likeness (QED) is 0.631. The molecule has 1 unspecified atom stereocenters. The van der Waals surface area contributed by atoms with Crippen LogP contribution in [-0.4, -0.2) is 0 Å². The van der Waals surface area contributed by atoms with Gasteiger partial charge in [-0.1, -0.05) is 48.2 Å². The first-order chi connectivity index (χ1) is 7.22. The topological polar surface area (TPSA) is 38.0 Å². The van der Waals surface area contributed by atoms with Crippen LogP contribution in [0.25, 0.3) is 0 Å². The molecule has 2 nitrogen and oxygen atoms in total. The molecule has 1 fully saturated rings. The zero-order chi connectivity index (χ0) is 10.8. The highest BCUT2D eigenvalue weighted by Crippen LogP contribution is 2.39. The van der Waals surface area contributed by atoms with Crippen LogP contribution in [0, 0.1) is 5.92 Å². The molecule has 1 aromatic carbocycles. The van der Waals surface area contributed by atoms with Crippen LogP contribution < -0.4 is 11.3 Å². The Hall–Kier alpha value is -0.280. The molecule has 0 saturated heterocycles. The normalized spacial score (nSPS) is 17.8. The van der Waals surface area contributed by atoms with Crippen LogP contribution in [0.3, 0.4) is 0 Å². The minimum atomic E-state index is 0.115. The largest absolute Gasteiger partial charge is 0.271 e. The molecule has 0 spiro atoms. The molecule has 0 radical (unpaired) electrons. The van der Waals surface area contributed by atoms with Crippen molar-refractivity contribution < 1.29 is 0 Å². The van der Waals surface area contributed by atoms with E-state index in [-0.39, 0.29) is 6.04 Å². The molecule has 0 amide bonds. The maximum absolute atomic E-state index is 6.14. The van der Waals surface area contributed by atoms with E-state index >= 15 is 0 Å². The zero-order valence-electron chi connectivity index (χ0n) is 8.34. The molecule has 0 bridgehead atoms. The lowest BCUT2D eigenvalue weighted by Crippen LogP contribution is -2.28. The van der Waals surface area contributed by atoms with Gasteiger partial charge in [0.05, 0.1) is 10.0 Å². The molecule has 1 aromatic rings. The Morgan fingerprint density at radius 2 is 2.13 bits per heavy atom. The van der Waals surface area contributed by atoms with Gasteiger partial charge in [0.1, 0.15) is 0 Å². The Morgan fingerprint density at radius 3 is 2.73 bits per heavy atom. The Kier molecular flexibility index (Phi) is 3.52. The van der Waals surface area contributed by atoms with Crippen molar-refractivity contribution in [3.8, 4) is 0 Å². The average Bonchev–Trinajstić information content (AvgIpc) is 3.03. The molecule has 2 rings (SSSR count). The number of nitrogens with two attached hydrogens (primary N) is 1. The number of hydrazine groups is 1. The van der Waals surface area contributed by atoms with Crippen molar-refractivity contribution in [2.45, 2.75) is 25.3 Å². The van der Waals surface area contributed by atoms with E-state index in [1.807, 2.05) is 12.1 Å². The second kappa shape index (κ2) is 4.71. The maximum atomic E-state index is 6.14. The van der Waals surface area contributed by atoms with E-state index in [9.17, 15) is 0 Å². The summed E-state index contributed by atoms with van der Waals surface area (Å²) < 4.78 is 0. The van der Waals surface area contributed by atoms with Crippen molar-refractivity contribution in [2.75, 3.05) is 0 Å². The van der Waals surface area contributed by atoms with Crippen molar-refractivity contribution >= 4 is 23.2 Å². The molecule has 3 N–H and O–H groups in total. The van der Waals surface area contributed by atoms with Gasteiger partial charge >= 0.3 is 0 Å². The molecule has 0 aliphatic heterocycles. The lowest BCUT2D eigenvalue weighted by molar-refractivity contribution is 0.487. The molecule has 1 atom stereocenters. The summed E-state index contributed by atoms with van der Waals surface area (Å²) in [4.78, 5) is 0. The number of halogens is 2. The van der Waals surface area contributed by atoms with Crippen LogP contribution >= 0.6 is 23.2 Å². The molecule has 1 aliphatic rings. The number of hydrogen-bond donors (Lipinski definition) is 2. The van der Waals surface area contributed by atoms with Gasteiger partial charge in [0.15, 0.2) is 0 Å². The van der Waals surface area contributed by atoms with Crippen LogP contribution in [0.4, 0.5) is 0 Å². The van der Waals surface area contributed by atoms with E-state index in [2.05, 4.69) is 5.43 Å². The third kappa shape index (κ3) is 2.64. The van der Waals surface area contributed by atoms with E-state index < -0.39 is 0 Å². The summed E-state index contributed by atoms with van der Waals surface area (Å²) >= 11 is 12.1. The Morgan fingerprint density at radius 1 is 1.40 bits per heavy atom. The molecule has 0 aromatic heterocycles. The van der Waals surface area contributed by atoms with Gasteiger partial charge in [0.2, 0.25) is 0 Å². The number of nitrogens with one attached hydrogen (secondary N) is 1. The van der Waals surface area contributed by atoms with Gasteiger partial charge in [-0.15, -0.1) is 0 Å². The number of rotatable bonds is 4. The molecule has 82 valence electrons. The molecule has 1 aliphatic carbocycles. The first-order valence-electron chi connectivity index (χ1n) is 5.12. The Bertz CT molecular complexity index is 350. The van der Waals surface area contributed by atoms with Gasteiger partial charge in [-0.3, -0.25) is 11.3 Å². The second-order valence-electron chi connectivity index (χ2n) is 4.04. The number of hydrogen-bond acceptors (Lipinski definition) is 2. The predicted octanol–water partition coefficient (Wildman–Crippen LogP) is 3.30. The molecular weight excluding hydrogens is 231 g/mol. The summed E-state index contributed by atoms with van der Waals surface area (Å²) in [6.45, 7) is 0. The van der Waals surface area contributed by atoms with E-state index in [1.165, 1.54) is 12.8 Å². The highest BCUT2D eigenvalue weighted by molar-refractivity contribution is 6.42. The first kappa shape index (κ1) is 11.2. The van der Waals surface area contributed by atoms with Crippen LogP contribution in [0.15, 0.2) is 18.2 Å². The van der Waals surface area contributed by atoms with Gasteiger partial charge in [0, 0.05) is 6.04 Å². The van der Waals surface area contributed by atoms with Crippen molar-refractivity contribution in [3.63, 3.8) is 0 Å². The minimum Gasteiger partial charge on any atom is -0.271 e. The fraction of sp³-hybridized carbons (Fsp3) is 0.455. The summed E-state index contributed by atoms with van der Waals surface area (Å²) in [5, 5.41) is 1.20. The molecule has 1 saturated carbocycles. The van der Waals surface area contributed by atoms with Gasteiger partial charge in [-0.05, 0) is 24.0 Å². The minimum absolute atomic E-state index is 0.115. The van der Waals surface area contributed by atoms with Crippen LogP contribution in [0.5, 0.6) is 0 Å². The molecule has 0 heterocycles. The predicted molar refractivity (Wildman–Crippen MR) is 63.9 cm³/mol. The van der Waals surface area contributed by atoms with E-state index in [4.69, 9.17) is 29.0 Å². The monoisotopic (exact) mass is 244 g/mol. The molecule has 15 heavy (non-hydrogen) atoms. The Labute approximate surface area is 99.7 Å². The third-order valence-electron chi connectivity index (χ3n) is 2.82. The fourth-order valence-corrected chi connectivity index (χ4v) is 2.20. The van der Waals surface area contributed by atoms with Crippen LogP contribution in [0.1, 0.15) is 30.9 Å². The lowest BCUT2D eigenvalue weighted by atomic mass is 10.0. The summed E-state index contributed by atoms with van der Waals surface area (Å²) in [7, 11) is 0. The van der Waals surface area contributed by atoms with Gasteiger partial charge in [-0.25, -0.2) is 0 Å². The lowest BCUT2D eigenvalue weighted by Gasteiger charge is -2.17. The van der Waals surface area contributed by atoms with E-state index in [0.717, 1.165) is 17.9 Å². The van der Waals surface area contributed by atoms with Gasteiger partial charge in [-0.2, -0.15) is 0 Å². The fourth-order valence-electron chi connectivity index (χ4n) is 1.76. The van der Waals surface area contributed by atoms with Crippen molar-refractivity contribution in [3.05, 3.63) is 33.8 Å². The van der Waals surface area contributed by atoms with Crippen LogP contribution in [0.2, 0.25) is 10.0 Å². The summed E-state index contributed by atoms with van der Waals surface area (Å²) in [5.74, 6) is 6.34. The highest BCUT2D eigenvalue weighted by Gasteiger charge is 2.26. The van der Waals surface area contributed by atoms with E-state index in [1.54, 1.807) is 6.07 Å². The van der Waals surface area contributed by atoms with Crippen molar-refractivity contribution in [1.29, 1.82) is 0 Å². The highest BCUT2D eigenvalue weighted by atomic mass is 35.5. The van der Waals surface area contributed by atoms with Gasteiger partial charge < -0.3 is 0 Å². The molecular formula is C11H14Cl2N2. The zero-order valence-corrected chi connectivity index (χ0v) is 9.85. The number of benzene rings is 1. The smallest absolute Gasteiger partial charge is 0.0640 e. The Balaban J connectivity index is 2.20. The first-order valence-corrected chi connectivity index (χ1v) is 5.88. The van der Waals surface area contributed by atoms with Crippen LogP contribution in [-0.2, 0) is 0 Å². The SMILES string of the molecule is NNC(CC1CC1)c1cccc(Cl)c1Cl. The molecule has 4 heteroatoms.